The molecular weight excluding hydrogens is 244 g/mol. The standard InChI is InChI=1S/C10H13BrN2O/c1-13-5-8(6-13)7-14-10-2-3-12-4-9(10)11/h2-4,8H,5-7H2,1H3. The second-order valence-electron chi connectivity index (χ2n) is 3.70. The number of nitrogens with zero attached hydrogens (tertiary/aromatic N) is 2. The minimum Gasteiger partial charge on any atom is -0.492 e. The van der Waals surface area contributed by atoms with Gasteiger partial charge >= 0.3 is 0 Å². The molecule has 0 unspecified atom stereocenters. The topological polar surface area (TPSA) is 25.4 Å². The highest BCUT2D eigenvalue weighted by molar-refractivity contribution is 9.10. The van der Waals surface area contributed by atoms with Gasteiger partial charge in [-0.25, -0.2) is 0 Å². The van der Waals surface area contributed by atoms with Crippen molar-refractivity contribution in [3.05, 3.63) is 22.9 Å². The molecule has 1 aromatic rings. The fourth-order valence-electron chi connectivity index (χ4n) is 1.62. The molecule has 2 heterocycles. The van der Waals surface area contributed by atoms with E-state index in [0.29, 0.717) is 5.92 Å². The highest BCUT2D eigenvalue weighted by Gasteiger charge is 2.23. The van der Waals surface area contributed by atoms with E-state index < -0.39 is 0 Å². The lowest BCUT2D eigenvalue weighted by molar-refractivity contribution is 0.0854. The van der Waals surface area contributed by atoms with Gasteiger partial charge in [-0.05, 0) is 29.0 Å². The summed E-state index contributed by atoms with van der Waals surface area (Å²) in [4.78, 5) is 6.27. The van der Waals surface area contributed by atoms with E-state index in [2.05, 4.69) is 32.9 Å². The molecule has 1 fully saturated rings. The van der Waals surface area contributed by atoms with Crippen molar-refractivity contribution in [3.8, 4) is 5.75 Å². The molecule has 0 spiro atoms. The van der Waals surface area contributed by atoms with Gasteiger partial charge in [-0.2, -0.15) is 0 Å². The Labute approximate surface area is 92.2 Å². The number of ether oxygens (including phenoxy) is 1. The highest BCUT2D eigenvalue weighted by Crippen LogP contribution is 2.24. The van der Waals surface area contributed by atoms with Crippen LogP contribution >= 0.6 is 15.9 Å². The number of pyridine rings is 1. The van der Waals surface area contributed by atoms with E-state index in [-0.39, 0.29) is 0 Å². The van der Waals surface area contributed by atoms with E-state index in [9.17, 15) is 0 Å². The molecule has 0 N–H and O–H groups in total. The zero-order valence-corrected chi connectivity index (χ0v) is 9.70. The van der Waals surface area contributed by atoms with Crippen LogP contribution in [0.5, 0.6) is 5.75 Å². The zero-order valence-electron chi connectivity index (χ0n) is 8.11. The molecule has 1 aliphatic rings. The highest BCUT2D eigenvalue weighted by atomic mass is 79.9. The summed E-state index contributed by atoms with van der Waals surface area (Å²) in [7, 11) is 2.12. The number of hydrogen-bond donors (Lipinski definition) is 0. The van der Waals surface area contributed by atoms with Crippen molar-refractivity contribution in [3.63, 3.8) is 0 Å². The first kappa shape index (κ1) is 9.93. The average molecular weight is 257 g/mol. The largest absolute Gasteiger partial charge is 0.492 e. The lowest BCUT2D eigenvalue weighted by Gasteiger charge is -2.35. The van der Waals surface area contributed by atoms with Crippen molar-refractivity contribution in [2.24, 2.45) is 5.92 Å². The molecule has 0 saturated carbocycles. The van der Waals surface area contributed by atoms with Crippen LogP contribution in [0.2, 0.25) is 0 Å². The second-order valence-corrected chi connectivity index (χ2v) is 4.56. The Morgan fingerprint density at radius 2 is 2.43 bits per heavy atom. The summed E-state index contributed by atoms with van der Waals surface area (Å²) in [6, 6.07) is 1.88. The minimum absolute atomic E-state index is 0.681. The summed E-state index contributed by atoms with van der Waals surface area (Å²) in [5.74, 6) is 1.56. The van der Waals surface area contributed by atoms with Gasteiger partial charge < -0.3 is 9.64 Å². The van der Waals surface area contributed by atoms with Crippen molar-refractivity contribution >= 4 is 15.9 Å². The summed E-state index contributed by atoms with van der Waals surface area (Å²) in [5, 5.41) is 0. The maximum atomic E-state index is 5.68. The molecule has 0 amide bonds. The maximum absolute atomic E-state index is 5.68. The Kier molecular flexibility index (Phi) is 3.03. The molecule has 4 heteroatoms. The van der Waals surface area contributed by atoms with E-state index >= 15 is 0 Å². The molecule has 0 atom stereocenters. The van der Waals surface area contributed by atoms with E-state index in [0.717, 1.165) is 29.9 Å². The lowest BCUT2D eigenvalue weighted by atomic mass is 10.0. The molecule has 76 valence electrons. The molecular formula is C10H13BrN2O. The van der Waals surface area contributed by atoms with Gasteiger partial charge in [0.25, 0.3) is 0 Å². The van der Waals surface area contributed by atoms with Gasteiger partial charge in [-0.1, -0.05) is 0 Å². The van der Waals surface area contributed by atoms with Crippen molar-refractivity contribution in [2.75, 3.05) is 26.7 Å². The van der Waals surface area contributed by atoms with Gasteiger partial charge in [0.05, 0.1) is 11.1 Å². The quantitative estimate of drug-likeness (QED) is 0.825. The van der Waals surface area contributed by atoms with Crippen LogP contribution in [0.15, 0.2) is 22.9 Å². The second kappa shape index (κ2) is 4.28. The van der Waals surface area contributed by atoms with Crippen LogP contribution in [0.1, 0.15) is 0 Å². The molecule has 0 aliphatic carbocycles. The van der Waals surface area contributed by atoms with Crippen LogP contribution in [0, 0.1) is 5.92 Å². The smallest absolute Gasteiger partial charge is 0.136 e. The maximum Gasteiger partial charge on any atom is 0.136 e. The van der Waals surface area contributed by atoms with Crippen LogP contribution in [0.25, 0.3) is 0 Å². The summed E-state index contributed by atoms with van der Waals surface area (Å²) in [5.41, 5.74) is 0. The number of aromatic nitrogens is 1. The predicted molar refractivity (Wildman–Crippen MR) is 58.4 cm³/mol. The predicted octanol–water partition coefficient (Wildman–Crippen LogP) is 1.78. The fraction of sp³-hybridized carbons (Fsp3) is 0.500. The van der Waals surface area contributed by atoms with Crippen molar-refractivity contribution in [2.45, 2.75) is 0 Å². The molecule has 1 aliphatic heterocycles. The van der Waals surface area contributed by atoms with E-state index in [1.54, 1.807) is 12.4 Å². The Balaban J connectivity index is 1.83. The first-order valence-corrected chi connectivity index (χ1v) is 5.46. The minimum atomic E-state index is 0.681. The summed E-state index contributed by atoms with van der Waals surface area (Å²) in [6.07, 6.45) is 3.50. The molecule has 3 nitrogen and oxygen atoms in total. The average Bonchev–Trinajstić information content (AvgIpc) is 2.13. The lowest BCUT2D eigenvalue weighted by Crippen LogP contribution is -2.46. The molecule has 0 radical (unpaired) electrons. The Hall–Kier alpha value is -0.610. The summed E-state index contributed by atoms with van der Waals surface area (Å²) in [6.45, 7) is 3.08. The van der Waals surface area contributed by atoms with Gasteiger partial charge in [0.1, 0.15) is 5.75 Å². The third kappa shape index (κ3) is 2.25. The van der Waals surface area contributed by atoms with Crippen LogP contribution in [0.3, 0.4) is 0 Å². The molecule has 14 heavy (non-hydrogen) atoms. The molecule has 1 aromatic heterocycles. The SMILES string of the molecule is CN1CC(COc2ccncc2Br)C1. The van der Waals surface area contributed by atoms with Crippen LogP contribution in [-0.4, -0.2) is 36.6 Å². The van der Waals surface area contributed by atoms with E-state index in [1.807, 2.05) is 6.07 Å². The van der Waals surface area contributed by atoms with Crippen LogP contribution in [0.4, 0.5) is 0 Å². The number of likely N-dealkylation sites (tertiary alicyclic amines) is 1. The van der Waals surface area contributed by atoms with Crippen LogP contribution < -0.4 is 4.74 Å². The van der Waals surface area contributed by atoms with Crippen molar-refractivity contribution < 1.29 is 4.74 Å². The zero-order chi connectivity index (χ0) is 9.97. The molecule has 2 rings (SSSR count). The van der Waals surface area contributed by atoms with Crippen molar-refractivity contribution in [1.29, 1.82) is 0 Å². The number of hydrogen-bond acceptors (Lipinski definition) is 3. The van der Waals surface area contributed by atoms with Gasteiger partial charge in [0.15, 0.2) is 0 Å². The third-order valence-corrected chi connectivity index (χ3v) is 2.95. The van der Waals surface area contributed by atoms with Gasteiger partial charge in [0.2, 0.25) is 0 Å². The van der Waals surface area contributed by atoms with Crippen molar-refractivity contribution in [1.82, 2.24) is 9.88 Å². The molecule has 0 bridgehead atoms. The fourth-order valence-corrected chi connectivity index (χ4v) is 1.99. The van der Waals surface area contributed by atoms with Crippen LogP contribution in [-0.2, 0) is 0 Å². The Morgan fingerprint density at radius 1 is 1.64 bits per heavy atom. The Bertz CT molecular complexity index is 313. The normalized spacial score (nSPS) is 17.9. The van der Waals surface area contributed by atoms with Gasteiger partial charge in [0, 0.05) is 31.4 Å². The first-order chi connectivity index (χ1) is 6.75. The molecule has 0 aromatic carbocycles. The molecule has 1 saturated heterocycles. The first-order valence-electron chi connectivity index (χ1n) is 4.66. The van der Waals surface area contributed by atoms with E-state index in [1.165, 1.54) is 0 Å². The monoisotopic (exact) mass is 256 g/mol. The van der Waals surface area contributed by atoms with Gasteiger partial charge in [-0.15, -0.1) is 0 Å². The third-order valence-electron chi connectivity index (χ3n) is 2.35. The summed E-state index contributed by atoms with van der Waals surface area (Å²) >= 11 is 3.40. The van der Waals surface area contributed by atoms with E-state index in [4.69, 9.17) is 4.74 Å². The number of halogens is 1. The number of rotatable bonds is 3. The Morgan fingerprint density at radius 3 is 3.07 bits per heavy atom. The van der Waals surface area contributed by atoms with Gasteiger partial charge in [-0.3, -0.25) is 4.98 Å². The summed E-state index contributed by atoms with van der Waals surface area (Å²) < 4.78 is 6.60.